The summed E-state index contributed by atoms with van der Waals surface area (Å²) >= 11 is 0. The number of likely N-dealkylation sites (tertiary alicyclic amines) is 1. The van der Waals surface area contributed by atoms with Crippen LogP contribution in [0.3, 0.4) is 0 Å². The summed E-state index contributed by atoms with van der Waals surface area (Å²) in [6, 6.07) is 3.75. The van der Waals surface area contributed by atoms with Gasteiger partial charge >= 0.3 is 6.03 Å². The maximum Gasteiger partial charge on any atom is 0.315 e. The number of carbonyl (C=O) groups excluding carboxylic acids is 3. The molecule has 1 aliphatic carbocycles. The Labute approximate surface area is 188 Å². The molecule has 176 valence electrons. The second-order valence-corrected chi connectivity index (χ2v) is 10.5. The summed E-state index contributed by atoms with van der Waals surface area (Å²) < 4.78 is 27.1. The zero-order valence-electron chi connectivity index (χ0n) is 18.3. The van der Waals surface area contributed by atoms with Crippen LogP contribution in [0.15, 0.2) is 29.4 Å². The van der Waals surface area contributed by atoms with Crippen LogP contribution in [-0.2, 0) is 19.6 Å². The van der Waals surface area contributed by atoms with Gasteiger partial charge in [-0.15, -0.1) is 0 Å². The third kappa shape index (κ3) is 5.63. The third-order valence-corrected chi connectivity index (χ3v) is 7.92. The molecule has 0 unspecified atom stereocenters. The van der Waals surface area contributed by atoms with E-state index in [4.69, 9.17) is 0 Å². The number of rotatable bonds is 8. The molecule has 1 aromatic heterocycles. The molecule has 1 saturated heterocycles. The van der Waals surface area contributed by atoms with Gasteiger partial charge in [-0.2, -0.15) is 4.31 Å². The molecule has 0 radical (unpaired) electrons. The molecular weight excluding hydrogens is 434 g/mol. The van der Waals surface area contributed by atoms with E-state index in [9.17, 15) is 22.8 Å². The number of likely N-dealkylation sites (N-methyl/N-ethyl adjacent to an activating group) is 1. The van der Waals surface area contributed by atoms with E-state index >= 15 is 0 Å². The van der Waals surface area contributed by atoms with Crippen LogP contribution in [0, 0.1) is 0 Å². The van der Waals surface area contributed by atoms with E-state index in [1.165, 1.54) is 28.5 Å². The molecule has 2 heterocycles. The van der Waals surface area contributed by atoms with Gasteiger partial charge < -0.3 is 20.3 Å². The Hall–Kier alpha value is -2.53. The molecular formula is C21H31N5O5S. The largest absolute Gasteiger partial charge is 0.331 e. The molecule has 1 aromatic rings. The van der Waals surface area contributed by atoms with Crippen LogP contribution in [0.4, 0.5) is 4.79 Å². The van der Waals surface area contributed by atoms with E-state index in [2.05, 4.69) is 15.6 Å². The van der Waals surface area contributed by atoms with Crippen molar-refractivity contribution in [3.8, 4) is 0 Å². The summed E-state index contributed by atoms with van der Waals surface area (Å²) in [5.41, 5.74) is -0.735. The van der Waals surface area contributed by atoms with Crippen molar-refractivity contribution in [3.63, 3.8) is 0 Å². The molecule has 1 atom stereocenters. The van der Waals surface area contributed by atoms with Crippen molar-refractivity contribution in [2.24, 2.45) is 0 Å². The fraction of sp³-hybridized carbons (Fsp3) is 0.619. The summed E-state index contributed by atoms with van der Waals surface area (Å²) in [6.45, 7) is 0.395. The van der Waals surface area contributed by atoms with E-state index in [0.717, 1.165) is 32.0 Å². The Morgan fingerprint density at radius 1 is 1.25 bits per heavy atom. The first kappa shape index (κ1) is 24.1. The summed E-state index contributed by atoms with van der Waals surface area (Å²) in [5, 5.41) is 5.48. The molecule has 11 heteroatoms. The lowest BCUT2D eigenvalue weighted by Gasteiger charge is -2.40. The Kier molecular flexibility index (Phi) is 7.83. The number of aromatic nitrogens is 1. The Balaban J connectivity index is 1.63. The number of carbonyl (C=O) groups is 3. The minimum Gasteiger partial charge on any atom is -0.331 e. The zero-order chi connectivity index (χ0) is 23.2. The van der Waals surface area contributed by atoms with Gasteiger partial charge in [-0.1, -0.05) is 25.3 Å². The Morgan fingerprint density at radius 2 is 2.00 bits per heavy atom. The minimum absolute atomic E-state index is 0.0427. The van der Waals surface area contributed by atoms with Gasteiger partial charge in [0.25, 0.3) is 10.0 Å². The van der Waals surface area contributed by atoms with Crippen molar-refractivity contribution in [1.82, 2.24) is 24.8 Å². The normalized spacial score (nSPS) is 20.7. The average Bonchev–Trinajstić information content (AvgIpc) is 3.27. The van der Waals surface area contributed by atoms with E-state index in [0.29, 0.717) is 25.8 Å². The highest BCUT2D eigenvalue weighted by Crippen LogP contribution is 2.30. The Bertz CT molecular complexity index is 918. The molecule has 3 amide bonds. The fourth-order valence-corrected chi connectivity index (χ4v) is 5.69. The quantitative estimate of drug-likeness (QED) is 0.549. The van der Waals surface area contributed by atoms with Gasteiger partial charge in [-0.3, -0.25) is 4.79 Å². The van der Waals surface area contributed by atoms with E-state index in [1.54, 1.807) is 12.1 Å². The van der Waals surface area contributed by atoms with Gasteiger partial charge in [0, 0.05) is 26.3 Å². The van der Waals surface area contributed by atoms with Crippen LogP contribution in [0.25, 0.3) is 0 Å². The molecule has 0 spiro atoms. The van der Waals surface area contributed by atoms with Crippen LogP contribution in [0.5, 0.6) is 0 Å². The lowest BCUT2D eigenvalue weighted by atomic mass is 9.81. The predicted octanol–water partition coefficient (Wildman–Crippen LogP) is 0.894. The van der Waals surface area contributed by atoms with Crippen LogP contribution in [0.2, 0.25) is 0 Å². The number of pyridine rings is 1. The van der Waals surface area contributed by atoms with Gasteiger partial charge in [-0.25, -0.2) is 18.2 Å². The minimum atomic E-state index is -3.80. The topological polar surface area (TPSA) is 129 Å². The van der Waals surface area contributed by atoms with E-state index in [-0.39, 0.29) is 24.0 Å². The molecule has 32 heavy (non-hydrogen) atoms. The van der Waals surface area contributed by atoms with Gasteiger partial charge in [0.15, 0.2) is 5.03 Å². The van der Waals surface area contributed by atoms with Crippen molar-refractivity contribution >= 4 is 28.2 Å². The van der Waals surface area contributed by atoms with Crippen LogP contribution in [-0.4, -0.2) is 79.1 Å². The number of sulfonamides is 1. The van der Waals surface area contributed by atoms with Gasteiger partial charge in [0.05, 0.1) is 18.1 Å². The molecule has 3 rings (SSSR count). The molecule has 2 fully saturated rings. The van der Waals surface area contributed by atoms with Crippen molar-refractivity contribution in [2.45, 2.75) is 61.6 Å². The van der Waals surface area contributed by atoms with E-state index < -0.39 is 27.6 Å². The van der Waals surface area contributed by atoms with Crippen molar-refractivity contribution in [3.05, 3.63) is 24.4 Å². The molecule has 0 bridgehead atoms. The summed E-state index contributed by atoms with van der Waals surface area (Å²) in [5.74, 6) is -0.303. The molecule has 0 aromatic carbocycles. The standard InChI is InChI=1S/C21H31N5O5S/c1-25(32(30,31)18-9-3-6-12-22-18)16-21(10-4-2-5-11-21)24-20(29)23-14-19(28)26-13-7-8-17(26)15-27/h3,6,9,12,15,17H,2,4-5,7-8,10-11,13-14,16H2,1H3,(H2,23,24,29)/t17-/m0/s1. The molecule has 2 aliphatic rings. The number of urea groups is 1. The first-order valence-corrected chi connectivity index (χ1v) is 12.4. The first-order chi connectivity index (χ1) is 15.3. The first-order valence-electron chi connectivity index (χ1n) is 11.0. The number of aldehydes is 1. The summed E-state index contributed by atoms with van der Waals surface area (Å²) in [6.07, 6.45) is 7.61. The van der Waals surface area contributed by atoms with Gasteiger partial charge in [0.2, 0.25) is 5.91 Å². The van der Waals surface area contributed by atoms with Crippen LogP contribution >= 0.6 is 0 Å². The maximum absolute atomic E-state index is 12.9. The molecule has 1 saturated carbocycles. The Morgan fingerprint density at radius 3 is 2.66 bits per heavy atom. The number of amides is 3. The van der Waals surface area contributed by atoms with Crippen LogP contribution in [0.1, 0.15) is 44.9 Å². The molecule has 2 N–H and O–H groups in total. The lowest BCUT2D eigenvalue weighted by molar-refractivity contribution is -0.133. The summed E-state index contributed by atoms with van der Waals surface area (Å²) in [7, 11) is -2.32. The van der Waals surface area contributed by atoms with Gasteiger partial charge in [-0.05, 0) is 37.8 Å². The number of nitrogens with one attached hydrogen (secondary N) is 2. The molecule has 10 nitrogen and oxygen atoms in total. The highest BCUT2D eigenvalue weighted by molar-refractivity contribution is 7.89. The smallest absolute Gasteiger partial charge is 0.315 e. The predicted molar refractivity (Wildman–Crippen MR) is 117 cm³/mol. The van der Waals surface area contributed by atoms with Crippen molar-refractivity contribution < 1.29 is 22.8 Å². The van der Waals surface area contributed by atoms with E-state index in [1.807, 2.05) is 0 Å². The zero-order valence-corrected chi connectivity index (χ0v) is 19.1. The highest BCUT2D eigenvalue weighted by atomic mass is 32.2. The number of nitrogens with zero attached hydrogens (tertiary/aromatic N) is 3. The highest BCUT2D eigenvalue weighted by Gasteiger charge is 2.38. The third-order valence-electron chi connectivity index (χ3n) is 6.20. The second-order valence-electron chi connectivity index (χ2n) is 8.51. The summed E-state index contributed by atoms with van der Waals surface area (Å²) in [4.78, 5) is 41.6. The maximum atomic E-state index is 12.9. The lowest BCUT2D eigenvalue weighted by Crippen LogP contribution is -2.59. The molecule has 1 aliphatic heterocycles. The number of hydrogen-bond acceptors (Lipinski definition) is 6. The second kappa shape index (κ2) is 10.4. The average molecular weight is 466 g/mol. The van der Waals surface area contributed by atoms with Crippen LogP contribution < -0.4 is 10.6 Å². The number of hydrogen-bond donors (Lipinski definition) is 2. The van der Waals surface area contributed by atoms with Crippen molar-refractivity contribution in [1.29, 1.82) is 0 Å². The monoisotopic (exact) mass is 465 g/mol. The fourth-order valence-electron chi connectivity index (χ4n) is 4.51. The SMILES string of the molecule is CN(CC1(NC(=O)NCC(=O)N2CCC[C@H]2C=O)CCCCC1)S(=O)(=O)c1ccccn1. The van der Waals surface area contributed by atoms with Gasteiger partial charge in [0.1, 0.15) is 6.29 Å². The van der Waals surface area contributed by atoms with Crippen molar-refractivity contribution in [2.75, 3.05) is 26.7 Å².